The normalized spacial score (nSPS) is 17.2. The SMILES string of the molecule is O=S(=O)(Nc1cccc(O)c1Br)N1CCCC1. The Bertz CT molecular complexity index is 512. The van der Waals surface area contributed by atoms with Crippen LogP contribution in [0.3, 0.4) is 0 Å². The van der Waals surface area contributed by atoms with E-state index < -0.39 is 10.2 Å². The molecule has 1 saturated heterocycles. The summed E-state index contributed by atoms with van der Waals surface area (Å²) in [6.45, 7) is 1.09. The van der Waals surface area contributed by atoms with Crippen molar-refractivity contribution in [1.29, 1.82) is 0 Å². The number of nitrogens with zero attached hydrogens (tertiary/aromatic N) is 1. The number of aromatic hydroxyl groups is 1. The van der Waals surface area contributed by atoms with E-state index >= 15 is 0 Å². The predicted octanol–water partition coefficient (Wildman–Crippen LogP) is 1.91. The Balaban J connectivity index is 2.23. The molecule has 0 saturated carbocycles. The van der Waals surface area contributed by atoms with Crippen LogP contribution in [-0.4, -0.2) is 30.9 Å². The van der Waals surface area contributed by atoms with Gasteiger partial charge in [-0.15, -0.1) is 0 Å². The van der Waals surface area contributed by atoms with Crippen molar-refractivity contribution in [3.8, 4) is 5.75 Å². The van der Waals surface area contributed by atoms with Gasteiger partial charge in [0.25, 0.3) is 0 Å². The molecule has 0 bridgehead atoms. The van der Waals surface area contributed by atoms with Crippen LogP contribution < -0.4 is 4.72 Å². The highest BCUT2D eigenvalue weighted by atomic mass is 79.9. The Kier molecular flexibility index (Phi) is 3.60. The van der Waals surface area contributed by atoms with E-state index in [0.717, 1.165) is 12.8 Å². The Morgan fingerprint density at radius 3 is 2.59 bits per heavy atom. The summed E-state index contributed by atoms with van der Waals surface area (Å²) in [5.74, 6) is 0.00613. The van der Waals surface area contributed by atoms with Gasteiger partial charge in [-0.3, -0.25) is 4.72 Å². The van der Waals surface area contributed by atoms with Crippen molar-refractivity contribution in [3.05, 3.63) is 22.7 Å². The Hall–Kier alpha value is -0.790. The van der Waals surface area contributed by atoms with Gasteiger partial charge in [-0.2, -0.15) is 12.7 Å². The zero-order valence-corrected chi connectivity index (χ0v) is 11.5. The fourth-order valence-corrected chi connectivity index (χ4v) is 3.54. The molecule has 94 valence electrons. The van der Waals surface area contributed by atoms with Crippen molar-refractivity contribution >= 4 is 31.8 Å². The Labute approximate surface area is 109 Å². The van der Waals surface area contributed by atoms with E-state index in [0.29, 0.717) is 23.2 Å². The van der Waals surface area contributed by atoms with Gasteiger partial charge in [-0.25, -0.2) is 0 Å². The number of hydrogen-bond acceptors (Lipinski definition) is 3. The molecule has 1 aromatic carbocycles. The molecule has 0 aliphatic carbocycles. The standard InChI is InChI=1S/C10H13BrN2O3S/c11-10-8(4-3-5-9(10)14)12-17(15,16)13-6-1-2-7-13/h3-5,12,14H,1-2,6-7H2. The number of anilines is 1. The number of halogens is 1. The molecular weight excluding hydrogens is 308 g/mol. The molecule has 1 aliphatic rings. The van der Waals surface area contributed by atoms with Gasteiger partial charge in [0, 0.05) is 13.1 Å². The van der Waals surface area contributed by atoms with Crippen LogP contribution in [0.5, 0.6) is 5.75 Å². The van der Waals surface area contributed by atoms with Crippen molar-refractivity contribution in [1.82, 2.24) is 4.31 Å². The number of nitrogens with one attached hydrogen (secondary N) is 1. The summed E-state index contributed by atoms with van der Waals surface area (Å²) >= 11 is 3.15. The van der Waals surface area contributed by atoms with Crippen LogP contribution in [0, 0.1) is 0 Å². The van der Waals surface area contributed by atoms with Crippen LogP contribution in [0.4, 0.5) is 5.69 Å². The molecule has 1 aromatic rings. The van der Waals surface area contributed by atoms with Gasteiger partial charge in [0.1, 0.15) is 5.75 Å². The molecule has 2 N–H and O–H groups in total. The van der Waals surface area contributed by atoms with Crippen molar-refractivity contribution in [2.45, 2.75) is 12.8 Å². The minimum absolute atomic E-state index is 0.00613. The van der Waals surface area contributed by atoms with Crippen LogP contribution in [0.15, 0.2) is 22.7 Å². The lowest BCUT2D eigenvalue weighted by atomic mass is 10.3. The van der Waals surface area contributed by atoms with Crippen LogP contribution in [-0.2, 0) is 10.2 Å². The average molecular weight is 321 g/mol. The summed E-state index contributed by atoms with van der Waals surface area (Å²) in [5.41, 5.74) is 0.344. The van der Waals surface area contributed by atoms with Crippen LogP contribution >= 0.6 is 15.9 Å². The molecule has 7 heteroatoms. The van der Waals surface area contributed by atoms with Crippen LogP contribution in [0.25, 0.3) is 0 Å². The van der Waals surface area contributed by atoms with Crippen molar-refractivity contribution in [3.63, 3.8) is 0 Å². The largest absolute Gasteiger partial charge is 0.507 e. The third kappa shape index (κ3) is 2.72. The molecule has 0 atom stereocenters. The van der Waals surface area contributed by atoms with E-state index in [1.54, 1.807) is 12.1 Å². The van der Waals surface area contributed by atoms with Crippen molar-refractivity contribution in [2.24, 2.45) is 0 Å². The van der Waals surface area contributed by atoms with E-state index in [1.807, 2.05) is 0 Å². The quantitative estimate of drug-likeness (QED) is 0.893. The molecule has 17 heavy (non-hydrogen) atoms. The fraction of sp³-hybridized carbons (Fsp3) is 0.400. The molecule has 1 fully saturated rings. The first-order valence-corrected chi connectivity index (χ1v) is 7.49. The highest BCUT2D eigenvalue weighted by molar-refractivity contribution is 9.10. The van der Waals surface area contributed by atoms with Gasteiger partial charge in [0.05, 0.1) is 10.2 Å². The summed E-state index contributed by atoms with van der Waals surface area (Å²) in [7, 11) is -3.51. The highest BCUT2D eigenvalue weighted by Crippen LogP contribution is 2.32. The van der Waals surface area contributed by atoms with Crippen molar-refractivity contribution < 1.29 is 13.5 Å². The van der Waals surface area contributed by atoms with Gasteiger partial charge in [-0.1, -0.05) is 6.07 Å². The maximum Gasteiger partial charge on any atom is 0.301 e. The van der Waals surface area contributed by atoms with Gasteiger partial charge >= 0.3 is 10.2 Å². The fourth-order valence-electron chi connectivity index (χ4n) is 1.73. The molecule has 2 rings (SSSR count). The van der Waals surface area contributed by atoms with Gasteiger partial charge in [0.15, 0.2) is 0 Å². The van der Waals surface area contributed by atoms with Gasteiger partial charge in [-0.05, 0) is 40.9 Å². The third-order valence-corrected chi connectivity index (χ3v) is 4.98. The first-order chi connectivity index (χ1) is 8.00. The second kappa shape index (κ2) is 4.83. The topological polar surface area (TPSA) is 69.6 Å². The summed E-state index contributed by atoms with van der Waals surface area (Å²) < 4.78 is 28.2. The molecule has 0 unspecified atom stereocenters. The second-order valence-corrected chi connectivity index (χ2v) is 6.32. The maximum atomic E-state index is 12.0. The number of hydrogen-bond donors (Lipinski definition) is 2. The minimum atomic E-state index is -3.51. The summed E-state index contributed by atoms with van der Waals surface area (Å²) in [5, 5.41) is 9.47. The maximum absolute atomic E-state index is 12.0. The molecule has 0 aromatic heterocycles. The van der Waals surface area contributed by atoms with Crippen LogP contribution in [0.2, 0.25) is 0 Å². The Morgan fingerprint density at radius 1 is 1.29 bits per heavy atom. The molecule has 1 aliphatic heterocycles. The molecule has 1 heterocycles. The van der Waals surface area contributed by atoms with Gasteiger partial charge < -0.3 is 5.11 Å². The molecule has 0 radical (unpaired) electrons. The smallest absolute Gasteiger partial charge is 0.301 e. The third-order valence-electron chi connectivity index (χ3n) is 2.62. The minimum Gasteiger partial charge on any atom is -0.507 e. The average Bonchev–Trinajstić information content (AvgIpc) is 2.78. The zero-order chi connectivity index (χ0) is 12.5. The lowest BCUT2D eigenvalue weighted by Crippen LogP contribution is -2.33. The zero-order valence-electron chi connectivity index (χ0n) is 9.06. The monoisotopic (exact) mass is 320 g/mol. The van der Waals surface area contributed by atoms with E-state index in [1.165, 1.54) is 10.4 Å². The van der Waals surface area contributed by atoms with Gasteiger partial charge in [0.2, 0.25) is 0 Å². The summed E-state index contributed by atoms with van der Waals surface area (Å²) in [4.78, 5) is 0. The van der Waals surface area contributed by atoms with E-state index in [9.17, 15) is 13.5 Å². The van der Waals surface area contributed by atoms with Crippen LogP contribution in [0.1, 0.15) is 12.8 Å². The van der Waals surface area contributed by atoms with Crippen molar-refractivity contribution in [2.75, 3.05) is 17.8 Å². The predicted molar refractivity (Wildman–Crippen MR) is 69.2 cm³/mol. The first kappa shape index (κ1) is 12.7. The lowest BCUT2D eigenvalue weighted by molar-refractivity contribution is 0.472. The number of benzene rings is 1. The molecular formula is C10H13BrN2O3S. The summed E-state index contributed by atoms with van der Waals surface area (Å²) in [6, 6.07) is 4.66. The second-order valence-electron chi connectivity index (χ2n) is 3.85. The number of phenolic OH excluding ortho intramolecular Hbond substituents is 1. The molecule has 5 nitrogen and oxygen atoms in total. The summed E-state index contributed by atoms with van der Waals surface area (Å²) in [6.07, 6.45) is 1.78. The number of rotatable bonds is 3. The van der Waals surface area contributed by atoms with E-state index in [2.05, 4.69) is 20.7 Å². The molecule has 0 spiro atoms. The number of phenols is 1. The highest BCUT2D eigenvalue weighted by Gasteiger charge is 2.25. The van der Waals surface area contributed by atoms with E-state index in [-0.39, 0.29) is 5.75 Å². The van der Waals surface area contributed by atoms with E-state index in [4.69, 9.17) is 0 Å². The lowest BCUT2D eigenvalue weighted by Gasteiger charge is -2.17. The molecule has 0 amide bonds. The Morgan fingerprint density at radius 2 is 1.94 bits per heavy atom. The first-order valence-electron chi connectivity index (χ1n) is 5.26.